The number of amides is 1. The van der Waals surface area contributed by atoms with E-state index in [1.165, 1.54) is 47.4 Å². The number of carbonyl (C=O) groups excluding carboxylic acids is 1. The monoisotopic (exact) mass is 340 g/mol. The summed E-state index contributed by atoms with van der Waals surface area (Å²) in [6.07, 6.45) is 0. The summed E-state index contributed by atoms with van der Waals surface area (Å²) in [5.74, 6) is 0.267. The summed E-state index contributed by atoms with van der Waals surface area (Å²) in [7, 11) is 0. The third-order valence-electron chi connectivity index (χ3n) is 2.52. The van der Waals surface area contributed by atoms with Crippen LogP contribution in [0.15, 0.2) is 28.6 Å². The van der Waals surface area contributed by atoms with Gasteiger partial charge in [0.25, 0.3) is 0 Å². The molecule has 1 aromatic carbocycles. The first-order chi connectivity index (χ1) is 10.5. The zero-order chi connectivity index (χ0) is 15.9. The van der Waals surface area contributed by atoms with Crippen LogP contribution in [0.2, 0.25) is 0 Å². The van der Waals surface area contributed by atoms with Crippen molar-refractivity contribution in [1.82, 2.24) is 10.2 Å². The predicted molar refractivity (Wildman–Crippen MR) is 89.0 cm³/mol. The van der Waals surface area contributed by atoms with Crippen molar-refractivity contribution in [3.05, 3.63) is 30.1 Å². The summed E-state index contributed by atoms with van der Waals surface area (Å²) in [6, 6.07) is 5.66. The Morgan fingerprint density at radius 2 is 2.05 bits per heavy atom. The molecule has 0 unspecified atom stereocenters. The predicted octanol–water partition coefficient (Wildman–Crippen LogP) is 3.48. The van der Waals surface area contributed by atoms with Crippen LogP contribution < -0.4 is 10.6 Å². The Bertz CT molecular complexity index is 616. The fourth-order valence-corrected chi connectivity index (χ4v) is 3.05. The molecule has 0 atom stereocenters. The van der Waals surface area contributed by atoms with E-state index in [0.717, 1.165) is 16.0 Å². The van der Waals surface area contributed by atoms with Crippen LogP contribution in [-0.4, -0.2) is 28.4 Å². The molecular formula is C14H17FN4OS2. The first kappa shape index (κ1) is 16.7. The Kier molecular flexibility index (Phi) is 6.14. The lowest BCUT2D eigenvalue weighted by molar-refractivity contribution is -0.113. The highest BCUT2D eigenvalue weighted by atomic mass is 32.2. The van der Waals surface area contributed by atoms with Crippen LogP contribution in [0.3, 0.4) is 0 Å². The van der Waals surface area contributed by atoms with Crippen molar-refractivity contribution in [1.29, 1.82) is 0 Å². The lowest BCUT2D eigenvalue weighted by Crippen LogP contribution is -2.13. The number of aromatic nitrogens is 2. The van der Waals surface area contributed by atoms with Gasteiger partial charge in [0.1, 0.15) is 5.82 Å². The summed E-state index contributed by atoms with van der Waals surface area (Å²) < 4.78 is 13.5. The second kappa shape index (κ2) is 8.09. The number of hydrogen-bond acceptors (Lipinski definition) is 6. The van der Waals surface area contributed by atoms with E-state index >= 15 is 0 Å². The molecule has 5 nitrogen and oxygen atoms in total. The molecule has 1 amide bonds. The lowest BCUT2D eigenvalue weighted by atomic mass is 10.2. The topological polar surface area (TPSA) is 66.9 Å². The molecule has 0 radical (unpaired) electrons. The highest BCUT2D eigenvalue weighted by Crippen LogP contribution is 2.25. The van der Waals surface area contributed by atoms with Gasteiger partial charge in [0.15, 0.2) is 4.34 Å². The van der Waals surface area contributed by atoms with Gasteiger partial charge in [-0.1, -0.05) is 36.9 Å². The molecule has 0 aliphatic heterocycles. The van der Waals surface area contributed by atoms with Crippen molar-refractivity contribution in [2.75, 3.05) is 22.9 Å². The van der Waals surface area contributed by atoms with Gasteiger partial charge in [-0.3, -0.25) is 4.79 Å². The number of rotatable bonds is 7. The molecular weight excluding hydrogens is 323 g/mol. The van der Waals surface area contributed by atoms with Crippen LogP contribution in [0.4, 0.5) is 15.2 Å². The van der Waals surface area contributed by atoms with Crippen molar-refractivity contribution < 1.29 is 9.18 Å². The molecule has 2 aromatic rings. The van der Waals surface area contributed by atoms with Gasteiger partial charge in [0, 0.05) is 12.2 Å². The third-order valence-corrected chi connectivity index (χ3v) is 4.54. The molecule has 0 saturated heterocycles. The Morgan fingerprint density at radius 1 is 1.32 bits per heavy atom. The maximum absolute atomic E-state index is 12.8. The standard InChI is InChI=1S/C14H17FN4OS2/c1-9(2)7-16-13-18-19-14(22-13)21-8-12(20)17-11-5-3-10(15)4-6-11/h3-6,9H,7-8H2,1-2H3,(H,16,18)(H,17,20). The summed E-state index contributed by atoms with van der Waals surface area (Å²) in [5, 5.41) is 14.7. The minimum atomic E-state index is -0.331. The SMILES string of the molecule is CC(C)CNc1nnc(SCC(=O)Nc2ccc(F)cc2)s1. The number of nitrogens with one attached hydrogen (secondary N) is 2. The number of benzene rings is 1. The zero-order valence-corrected chi connectivity index (χ0v) is 13.9. The van der Waals surface area contributed by atoms with E-state index < -0.39 is 0 Å². The quantitative estimate of drug-likeness (QED) is 0.756. The molecule has 0 aliphatic rings. The van der Waals surface area contributed by atoms with Crippen molar-refractivity contribution in [3.63, 3.8) is 0 Å². The zero-order valence-electron chi connectivity index (χ0n) is 12.3. The number of carbonyl (C=O) groups is 1. The number of anilines is 2. The van der Waals surface area contributed by atoms with Crippen molar-refractivity contribution in [3.8, 4) is 0 Å². The smallest absolute Gasteiger partial charge is 0.234 e. The summed E-state index contributed by atoms with van der Waals surface area (Å²) >= 11 is 2.75. The van der Waals surface area contributed by atoms with Gasteiger partial charge < -0.3 is 10.6 Å². The van der Waals surface area contributed by atoms with E-state index in [-0.39, 0.29) is 17.5 Å². The van der Waals surface area contributed by atoms with Crippen LogP contribution in [0.1, 0.15) is 13.8 Å². The summed E-state index contributed by atoms with van der Waals surface area (Å²) in [6.45, 7) is 5.07. The molecule has 8 heteroatoms. The Labute approximate surface area is 136 Å². The van der Waals surface area contributed by atoms with Crippen LogP contribution in [-0.2, 0) is 4.79 Å². The molecule has 0 aliphatic carbocycles. The number of nitrogens with zero attached hydrogens (tertiary/aromatic N) is 2. The largest absolute Gasteiger partial charge is 0.360 e. The normalized spacial score (nSPS) is 10.7. The average Bonchev–Trinajstić information content (AvgIpc) is 2.93. The van der Waals surface area contributed by atoms with Gasteiger partial charge >= 0.3 is 0 Å². The molecule has 118 valence electrons. The molecule has 2 N–H and O–H groups in total. The fraction of sp³-hybridized carbons (Fsp3) is 0.357. The van der Waals surface area contributed by atoms with Gasteiger partial charge in [-0.2, -0.15) is 0 Å². The first-order valence-electron chi connectivity index (χ1n) is 6.78. The van der Waals surface area contributed by atoms with Crippen LogP contribution >= 0.6 is 23.1 Å². The van der Waals surface area contributed by atoms with E-state index in [1.54, 1.807) is 0 Å². The van der Waals surface area contributed by atoms with Crippen LogP contribution in [0.5, 0.6) is 0 Å². The van der Waals surface area contributed by atoms with E-state index in [2.05, 4.69) is 34.7 Å². The van der Waals surface area contributed by atoms with E-state index in [1.807, 2.05) is 0 Å². The number of hydrogen-bond donors (Lipinski definition) is 2. The van der Waals surface area contributed by atoms with Gasteiger partial charge in [0.05, 0.1) is 5.75 Å². The second-order valence-corrected chi connectivity index (χ2v) is 7.19. The molecule has 0 fully saturated rings. The van der Waals surface area contributed by atoms with E-state index in [0.29, 0.717) is 11.6 Å². The molecule has 0 spiro atoms. The molecule has 0 bridgehead atoms. The number of halogens is 1. The van der Waals surface area contributed by atoms with Crippen LogP contribution in [0.25, 0.3) is 0 Å². The third kappa shape index (κ3) is 5.61. The van der Waals surface area contributed by atoms with E-state index in [9.17, 15) is 9.18 Å². The highest BCUT2D eigenvalue weighted by molar-refractivity contribution is 8.01. The Morgan fingerprint density at radius 3 is 2.73 bits per heavy atom. The number of thioether (sulfide) groups is 1. The Hall–Kier alpha value is -1.67. The minimum absolute atomic E-state index is 0.163. The molecule has 22 heavy (non-hydrogen) atoms. The summed E-state index contributed by atoms with van der Waals surface area (Å²) in [4.78, 5) is 11.8. The molecule has 2 rings (SSSR count). The average molecular weight is 340 g/mol. The molecule has 1 aromatic heterocycles. The fourth-order valence-electron chi connectivity index (χ4n) is 1.49. The maximum atomic E-state index is 12.8. The molecule has 0 saturated carbocycles. The Balaban J connectivity index is 1.77. The van der Waals surface area contributed by atoms with Crippen molar-refractivity contribution in [2.45, 2.75) is 18.2 Å². The minimum Gasteiger partial charge on any atom is -0.360 e. The van der Waals surface area contributed by atoms with Crippen molar-refractivity contribution in [2.24, 2.45) is 5.92 Å². The van der Waals surface area contributed by atoms with E-state index in [4.69, 9.17) is 0 Å². The first-order valence-corrected chi connectivity index (χ1v) is 8.58. The van der Waals surface area contributed by atoms with Gasteiger partial charge in [-0.15, -0.1) is 10.2 Å². The second-order valence-electron chi connectivity index (χ2n) is 4.99. The lowest BCUT2D eigenvalue weighted by Gasteiger charge is -2.04. The summed E-state index contributed by atoms with van der Waals surface area (Å²) in [5.41, 5.74) is 0.573. The van der Waals surface area contributed by atoms with Crippen molar-refractivity contribution >= 4 is 39.8 Å². The highest BCUT2D eigenvalue weighted by Gasteiger charge is 2.08. The van der Waals surface area contributed by atoms with Crippen LogP contribution in [0, 0.1) is 11.7 Å². The van der Waals surface area contributed by atoms with Gasteiger partial charge in [-0.05, 0) is 30.2 Å². The maximum Gasteiger partial charge on any atom is 0.234 e. The van der Waals surface area contributed by atoms with Gasteiger partial charge in [0.2, 0.25) is 11.0 Å². The molecule has 1 heterocycles. The van der Waals surface area contributed by atoms with Gasteiger partial charge in [-0.25, -0.2) is 4.39 Å².